The van der Waals surface area contributed by atoms with Crippen LogP contribution in [0.5, 0.6) is 0 Å². The molecule has 4 aliphatic rings. The molecule has 2 heteroatoms. The van der Waals surface area contributed by atoms with Gasteiger partial charge < -0.3 is 10.3 Å². The normalized spacial score (nSPS) is 39.9. The van der Waals surface area contributed by atoms with Gasteiger partial charge in [0.15, 0.2) is 0 Å². The lowest BCUT2D eigenvalue weighted by molar-refractivity contribution is -0.0429. The molecule has 0 unspecified atom stereocenters. The summed E-state index contributed by atoms with van der Waals surface area (Å²) in [6.07, 6.45) is 13.3. The Hall–Kier alpha value is -0.760. The second kappa shape index (κ2) is 4.66. The molecule has 19 heavy (non-hydrogen) atoms. The minimum atomic E-state index is 0.766. The molecule has 0 atom stereocenters. The van der Waals surface area contributed by atoms with E-state index in [1.54, 1.807) is 6.42 Å². The highest BCUT2D eigenvalue weighted by Crippen LogP contribution is 2.56. The largest absolute Gasteiger partial charge is 0.354 e. The molecule has 0 spiro atoms. The zero-order valence-electron chi connectivity index (χ0n) is 11.8. The number of hydrogen-bond acceptors (Lipinski definition) is 1. The quantitative estimate of drug-likeness (QED) is 0.884. The average molecular weight is 258 g/mol. The third kappa shape index (κ3) is 2.14. The molecular weight excluding hydrogens is 232 g/mol. The van der Waals surface area contributed by atoms with E-state index in [0.29, 0.717) is 0 Å². The zero-order valence-corrected chi connectivity index (χ0v) is 11.8. The summed E-state index contributed by atoms with van der Waals surface area (Å²) in [7, 11) is 0. The van der Waals surface area contributed by atoms with Crippen molar-refractivity contribution >= 4 is 0 Å². The summed E-state index contributed by atoms with van der Waals surface area (Å²) >= 11 is 0. The van der Waals surface area contributed by atoms with E-state index in [-0.39, 0.29) is 0 Å². The first-order valence-electron chi connectivity index (χ1n) is 8.16. The summed E-state index contributed by atoms with van der Waals surface area (Å²) in [5.41, 5.74) is 7.05. The summed E-state index contributed by atoms with van der Waals surface area (Å²) in [6.45, 7) is 2.03. The van der Waals surface area contributed by atoms with E-state index in [1.165, 1.54) is 37.8 Å². The van der Waals surface area contributed by atoms with Gasteiger partial charge in [-0.2, -0.15) is 0 Å². The number of hydrogen-bond donors (Lipinski definition) is 1. The smallest absolute Gasteiger partial charge is 0.0253 e. The van der Waals surface area contributed by atoms with Gasteiger partial charge in [-0.3, -0.25) is 0 Å². The van der Waals surface area contributed by atoms with E-state index < -0.39 is 0 Å². The SMILES string of the molecule is NCCc1ccn(CC2C3CC4CC(C3)CC2C4)c1. The predicted molar refractivity (Wildman–Crippen MR) is 77.7 cm³/mol. The molecule has 104 valence electrons. The van der Waals surface area contributed by atoms with Crippen molar-refractivity contribution in [2.75, 3.05) is 6.54 Å². The first-order chi connectivity index (χ1) is 9.31. The fourth-order valence-electron chi connectivity index (χ4n) is 5.50. The lowest BCUT2D eigenvalue weighted by Crippen LogP contribution is -2.46. The van der Waals surface area contributed by atoms with Crippen LogP contribution in [0.25, 0.3) is 0 Å². The van der Waals surface area contributed by atoms with E-state index in [1.807, 2.05) is 0 Å². The molecule has 1 aromatic rings. The lowest BCUT2D eigenvalue weighted by Gasteiger charge is -2.54. The van der Waals surface area contributed by atoms with Gasteiger partial charge in [0.1, 0.15) is 0 Å². The van der Waals surface area contributed by atoms with Crippen LogP contribution in [0.2, 0.25) is 0 Å². The molecular formula is C17H26N2. The van der Waals surface area contributed by atoms with E-state index in [9.17, 15) is 0 Å². The van der Waals surface area contributed by atoms with Crippen LogP contribution in [0.3, 0.4) is 0 Å². The van der Waals surface area contributed by atoms with Crippen LogP contribution in [0.1, 0.15) is 37.7 Å². The standard InChI is InChI=1S/C17H26N2/c18-3-1-12-2-4-19(10-12)11-17-15-6-13-5-14(8-15)9-16(17)7-13/h2,4,10,13-17H,1,3,5-9,11,18H2. The Kier molecular flexibility index (Phi) is 2.95. The van der Waals surface area contributed by atoms with Gasteiger partial charge in [-0.05, 0) is 86.3 Å². The molecule has 0 aromatic carbocycles. The Morgan fingerprint density at radius 1 is 1.05 bits per heavy atom. The maximum atomic E-state index is 5.64. The van der Waals surface area contributed by atoms with Gasteiger partial charge in [0, 0.05) is 18.9 Å². The minimum absolute atomic E-state index is 0.766. The van der Waals surface area contributed by atoms with Crippen LogP contribution in [0.4, 0.5) is 0 Å². The number of nitrogens with zero attached hydrogens (tertiary/aromatic N) is 1. The fourth-order valence-corrected chi connectivity index (χ4v) is 5.50. The average Bonchev–Trinajstić information content (AvgIpc) is 2.81. The molecule has 4 fully saturated rings. The first-order valence-corrected chi connectivity index (χ1v) is 8.16. The van der Waals surface area contributed by atoms with Crippen LogP contribution in [0, 0.1) is 29.6 Å². The maximum absolute atomic E-state index is 5.64. The number of nitrogens with two attached hydrogens (primary N) is 1. The fraction of sp³-hybridized carbons (Fsp3) is 0.765. The minimum Gasteiger partial charge on any atom is -0.354 e. The second-order valence-corrected chi connectivity index (χ2v) is 7.35. The van der Waals surface area contributed by atoms with E-state index >= 15 is 0 Å². The molecule has 4 bridgehead atoms. The van der Waals surface area contributed by atoms with Crippen molar-refractivity contribution in [3.05, 3.63) is 24.0 Å². The monoisotopic (exact) mass is 258 g/mol. The van der Waals surface area contributed by atoms with Crippen LogP contribution < -0.4 is 5.73 Å². The zero-order chi connectivity index (χ0) is 12.8. The van der Waals surface area contributed by atoms with Crippen LogP contribution in [-0.4, -0.2) is 11.1 Å². The first kappa shape index (κ1) is 12.0. The summed E-state index contributed by atoms with van der Waals surface area (Å²) in [5, 5.41) is 0. The summed E-state index contributed by atoms with van der Waals surface area (Å²) < 4.78 is 2.44. The Labute approximate surface area is 116 Å². The van der Waals surface area contributed by atoms with Gasteiger partial charge in [0.2, 0.25) is 0 Å². The highest BCUT2D eigenvalue weighted by atomic mass is 14.9. The Morgan fingerprint density at radius 2 is 1.74 bits per heavy atom. The van der Waals surface area contributed by atoms with Crippen molar-refractivity contribution < 1.29 is 0 Å². The molecule has 1 aromatic heterocycles. The van der Waals surface area contributed by atoms with Crippen molar-refractivity contribution in [2.24, 2.45) is 35.3 Å². The summed E-state index contributed by atoms with van der Waals surface area (Å²) in [6, 6.07) is 2.25. The van der Waals surface area contributed by atoms with Crippen LogP contribution in [-0.2, 0) is 13.0 Å². The van der Waals surface area contributed by atoms with Gasteiger partial charge in [0.05, 0.1) is 0 Å². The lowest BCUT2D eigenvalue weighted by atomic mass is 9.52. The number of rotatable bonds is 4. The Bertz CT molecular complexity index is 420. The third-order valence-corrected chi connectivity index (χ3v) is 6.09. The van der Waals surface area contributed by atoms with E-state index in [4.69, 9.17) is 5.73 Å². The molecule has 0 amide bonds. The van der Waals surface area contributed by atoms with Crippen molar-refractivity contribution in [3.8, 4) is 0 Å². The van der Waals surface area contributed by atoms with Gasteiger partial charge >= 0.3 is 0 Å². The van der Waals surface area contributed by atoms with E-state index in [0.717, 1.165) is 42.6 Å². The third-order valence-electron chi connectivity index (χ3n) is 6.09. The van der Waals surface area contributed by atoms with Crippen LogP contribution in [0.15, 0.2) is 18.5 Å². The number of aromatic nitrogens is 1. The maximum Gasteiger partial charge on any atom is 0.0253 e. The summed E-state index contributed by atoms with van der Waals surface area (Å²) in [4.78, 5) is 0. The van der Waals surface area contributed by atoms with Crippen molar-refractivity contribution in [1.82, 2.24) is 4.57 Å². The van der Waals surface area contributed by atoms with Gasteiger partial charge in [-0.25, -0.2) is 0 Å². The Morgan fingerprint density at radius 3 is 2.37 bits per heavy atom. The van der Waals surface area contributed by atoms with Crippen LogP contribution >= 0.6 is 0 Å². The molecule has 2 nitrogen and oxygen atoms in total. The molecule has 1 heterocycles. The van der Waals surface area contributed by atoms with Crippen molar-refractivity contribution in [3.63, 3.8) is 0 Å². The molecule has 0 aliphatic heterocycles. The van der Waals surface area contributed by atoms with Gasteiger partial charge in [-0.1, -0.05) is 0 Å². The molecule has 0 radical (unpaired) electrons. The predicted octanol–water partition coefficient (Wildman–Crippen LogP) is 3.06. The highest BCUT2D eigenvalue weighted by molar-refractivity contribution is 5.11. The van der Waals surface area contributed by atoms with Crippen molar-refractivity contribution in [2.45, 2.75) is 45.1 Å². The highest BCUT2D eigenvalue weighted by Gasteiger charge is 2.47. The second-order valence-electron chi connectivity index (χ2n) is 7.35. The molecule has 5 rings (SSSR count). The van der Waals surface area contributed by atoms with Gasteiger partial charge in [-0.15, -0.1) is 0 Å². The molecule has 2 N–H and O–H groups in total. The molecule has 4 saturated carbocycles. The topological polar surface area (TPSA) is 30.9 Å². The van der Waals surface area contributed by atoms with E-state index in [2.05, 4.69) is 23.0 Å². The molecule has 0 saturated heterocycles. The van der Waals surface area contributed by atoms with Crippen molar-refractivity contribution in [1.29, 1.82) is 0 Å². The van der Waals surface area contributed by atoms with Gasteiger partial charge in [0.25, 0.3) is 0 Å². The summed E-state index contributed by atoms with van der Waals surface area (Å²) in [5.74, 6) is 5.23. The molecule has 4 aliphatic carbocycles. The Balaban J connectivity index is 1.47.